The van der Waals surface area contributed by atoms with Gasteiger partial charge in [-0.1, -0.05) is 0 Å². The molecule has 60 valence electrons. The first-order valence-electron chi connectivity index (χ1n) is 3.40. The Hall–Kier alpha value is -1.89. The van der Waals surface area contributed by atoms with Crippen LogP contribution in [-0.4, -0.2) is 10.8 Å². The molecule has 0 fully saturated rings. The zero-order valence-electron chi connectivity index (χ0n) is 6.41. The summed E-state index contributed by atoms with van der Waals surface area (Å²) in [5.41, 5.74) is 6.39. The average molecular weight is 160 g/mol. The fourth-order valence-electron chi connectivity index (χ4n) is 0.865. The molecule has 0 aromatic carbocycles. The van der Waals surface area contributed by atoms with E-state index in [9.17, 15) is 0 Å². The van der Waals surface area contributed by atoms with Gasteiger partial charge in [-0.3, -0.25) is 5.41 Å². The van der Waals surface area contributed by atoms with E-state index < -0.39 is 0 Å². The van der Waals surface area contributed by atoms with Crippen molar-refractivity contribution in [3.63, 3.8) is 0 Å². The van der Waals surface area contributed by atoms with Gasteiger partial charge in [-0.05, 0) is 17.7 Å². The lowest BCUT2D eigenvalue weighted by atomic mass is 10.1. The number of aromatic nitrogens is 1. The fraction of sp³-hybridized carbons (Fsp3) is 0.125. The van der Waals surface area contributed by atoms with Crippen molar-refractivity contribution < 1.29 is 0 Å². The van der Waals surface area contributed by atoms with E-state index in [1.165, 1.54) is 6.20 Å². The van der Waals surface area contributed by atoms with Gasteiger partial charge in [0, 0.05) is 12.6 Å². The minimum atomic E-state index is 0.0880. The SMILES string of the molecule is N#Cc1cc(CC(=N)N)ccn1. The molecule has 4 heteroatoms. The number of hydrogen-bond acceptors (Lipinski definition) is 3. The average Bonchev–Trinajstić information content (AvgIpc) is 2.03. The highest BCUT2D eigenvalue weighted by molar-refractivity contribution is 5.79. The Bertz CT molecular complexity index is 337. The highest BCUT2D eigenvalue weighted by Crippen LogP contribution is 2.00. The van der Waals surface area contributed by atoms with Crippen molar-refractivity contribution >= 4 is 5.84 Å². The van der Waals surface area contributed by atoms with Gasteiger partial charge < -0.3 is 5.73 Å². The van der Waals surface area contributed by atoms with Crippen LogP contribution in [-0.2, 0) is 6.42 Å². The number of nitrogens with zero attached hydrogens (tertiary/aromatic N) is 2. The van der Waals surface area contributed by atoms with Crippen molar-refractivity contribution in [1.82, 2.24) is 4.98 Å². The minimum Gasteiger partial charge on any atom is -0.387 e. The van der Waals surface area contributed by atoms with E-state index in [-0.39, 0.29) is 5.84 Å². The van der Waals surface area contributed by atoms with Crippen molar-refractivity contribution in [2.45, 2.75) is 6.42 Å². The van der Waals surface area contributed by atoms with Crippen LogP contribution in [0.2, 0.25) is 0 Å². The molecule has 1 rings (SSSR count). The summed E-state index contributed by atoms with van der Waals surface area (Å²) >= 11 is 0. The summed E-state index contributed by atoms with van der Waals surface area (Å²) in [4.78, 5) is 3.79. The van der Waals surface area contributed by atoms with Crippen LogP contribution in [0.15, 0.2) is 18.3 Å². The van der Waals surface area contributed by atoms with E-state index in [1.54, 1.807) is 12.1 Å². The zero-order valence-corrected chi connectivity index (χ0v) is 6.41. The van der Waals surface area contributed by atoms with Crippen molar-refractivity contribution in [2.24, 2.45) is 5.73 Å². The molecule has 1 aromatic rings. The second-order valence-corrected chi connectivity index (χ2v) is 2.36. The highest BCUT2D eigenvalue weighted by Gasteiger charge is 1.97. The van der Waals surface area contributed by atoms with Crippen LogP contribution in [0.3, 0.4) is 0 Å². The fourth-order valence-corrected chi connectivity index (χ4v) is 0.865. The number of nitrogens with two attached hydrogens (primary N) is 1. The molecule has 0 bridgehead atoms. The van der Waals surface area contributed by atoms with Crippen LogP contribution >= 0.6 is 0 Å². The van der Waals surface area contributed by atoms with E-state index in [4.69, 9.17) is 16.4 Å². The largest absolute Gasteiger partial charge is 0.387 e. The lowest BCUT2D eigenvalue weighted by Crippen LogP contribution is -2.12. The molecular weight excluding hydrogens is 152 g/mol. The van der Waals surface area contributed by atoms with E-state index in [0.717, 1.165) is 5.56 Å². The molecule has 12 heavy (non-hydrogen) atoms. The second kappa shape index (κ2) is 3.49. The monoisotopic (exact) mass is 160 g/mol. The molecule has 0 unspecified atom stereocenters. The van der Waals surface area contributed by atoms with Gasteiger partial charge in [0.15, 0.2) is 0 Å². The number of nitrogens with one attached hydrogen (secondary N) is 1. The molecule has 0 amide bonds. The first kappa shape index (κ1) is 8.21. The first-order chi connectivity index (χ1) is 5.72. The normalized spacial score (nSPS) is 8.92. The third-order valence-corrected chi connectivity index (χ3v) is 1.33. The van der Waals surface area contributed by atoms with Gasteiger partial charge in [0.2, 0.25) is 0 Å². The second-order valence-electron chi connectivity index (χ2n) is 2.36. The van der Waals surface area contributed by atoms with Crippen molar-refractivity contribution in [3.05, 3.63) is 29.6 Å². The van der Waals surface area contributed by atoms with Crippen LogP contribution in [0.4, 0.5) is 0 Å². The Labute approximate surface area is 70.2 Å². The zero-order chi connectivity index (χ0) is 8.97. The molecule has 0 radical (unpaired) electrons. The Kier molecular flexibility index (Phi) is 2.38. The summed E-state index contributed by atoms with van der Waals surface area (Å²) in [6.07, 6.45) is 1.91. The van der Waals surface area contributed by atoms with Crippen LogP contribution in [0.5, 0.6) is 0 Å². The predicted octanol–water partition coefficient (Wildman–Crippen LogP) is 0.432. The maximum absolute atomic E-state index is 8.50. The third-order valence-electron chi connectivity index (χ3n) is 1.33. The Balaban J connectivity index is 2.88. The molecule has 1 aromatic heterocycles. The summed E-state index contributed by atoms with van der Waals surface area (Å²) in [6.45, 7) is 0. The van der Waals surface area contributed by atoms with Crippen molar-refractivity contribution in [2.75, 3.05) is 0 Å². The first-order valence-corrected chi connectivity index (χ1v) is 3.40. The summed E-state index contributed by atoms with van der Waals surface area (Å²) < 4.78 is 0. The maximum atomic E-state index is 8.50. The molecule has 0 saturated heterocycles. The number of nitriles is 1. The number of amidine groups is 1. The van der Waals surface area contributed by atoms with Gasteiger partial charge in [-0.2, -0.15) is 5.26 Å². The molecule has 0 aliphatic carbocycles. The molecule has 3 N–H and O–H groups in total. The molecular formula is C8H8N4. The Morgan fingerprint density at radius 2 is 2.50 bits per heavy atom. The number of rotatable bonds is 2. The molecule has 4 nitrogen and oxygen atoms in total. The third kappa shape index (κ3) is 2.06. The molecule has 0 spiro atoms. The van der Waals surface area contributed by atoms with Crippen LogP contribution < -0.4 is 5.73 Å². The van der Waals surface area contributed by atoms with Gasteiger partial charge in [-0.25, -0.2) is 4.98 Å². The Morgan fingerprint density at radius 1 is 1.75 bits per heavy atom. The van der Waals surface area contributed by atoms with Crippen LogP contribution in [0.25, 0.3) is 0 Å². The molecule has 0 atom stereocenters. The summed E-state index contributed by atoms with van der Waals surface area (Å²) in [7, 11) is 0. The van der Waals surface area contributed by atoms with Crippen LogP contribution in [0, 0.1) is 16.7 Å². The smallest absolute Gasteiger partial charge is 0.140 e. The quantitative estimate of drug-likeness (QED) is 0.486. The molecule has 0 aliphatic heterocycles. The summed E-state index contributed by atoms with van der Waals surface area (Å²) in [6, 6.07) is 5.28. The van der Waals surface area contributed by atoms with Crippen molar-refractivity contribution in [1.29, 1.82) is 10.7 Å². The van der Waals surface area contributed by atoms with E-state index >= 15 is 0 Å². The lowest BCUT2D eigenvalue weighted by molar-refractivity contribution is 1.18. The number of pyridine rings is 1. The van der Waals surface area contributed by atoms with Crippen molar-refractivity contribution in [3.8, 4) is 6.07 Å². The van der Waals surface area contributed by atoms with Gasteiger partial charge in [0.1, 0.15) is 11.8 Å². The Morgan fingerprint density at radius 3 is 3.08 bits per heavy atom. The standard InChI is InChI=1S/C8H8N4/c9-5-7-3-6(1-2-12-7)4-8(10)11/h1-3H,4H2,(H3,10,11). The molecule has 0 saturated carbocycles. The summed E-state index contributed by atoms with van der Waals surface area (Å²) in [5.74, 6) is 0.0880. The van der Waals surface area contributed by atoms with Gasteiger partial charge >= 0.3 is 0 Å². The summed E-state index contributed by atoms with van der Waals surface area (Å²) in [5, 5.41) is 15.5. The molecule has 1 heterocycles. The van der Waals surface area contributed by atoms with Gasteiger partial charge in [0.05, 0.1) is 5.84 Å². The predicted molar refractivity (Wildman–Crippen MR) is 44.6 cm³/mol. The molecule has 0 aliphatic rings. The lowest BCUT2D eigenvalue weighted by Gasteiger charge is -1.97. The van der Waals surface area contributed by atoms with Gasteiger partial charge in [-0.15, -0.1) is 0 Å². The van der Waals surface area contributed by atoms with E-state index in [2.05, 4.69) is 4.98 Å². The van der Waals surface area contributed by atoms with Crippen LogP contribution in [0.1, 0.15) is 11.3 Å². The van der Waals surface area contributed by atoms with E-state index in [0.29, 0.717) is 12.1 Å². The highest BCUT2D eigenvalue weighted by atomic mass is 14.7. The minimum absolute atomic E-state index is 0.0880. The maximum Gasteiger partial charge on any atom is 0.140 e. The number of hydrogen-bond donors (Lipinski definition) is 2. The van der Waals surface area contributed by atoms with Gasteiger partial charge in [0.25, 0.3) is 0 Å². The van der Waals surface area contributed by atoms with E-state index in [1.807, 2.05) is 6.07 Å². The topological polar surface area (TPSA) is 86.5 Å².